The lowest BCUT2D eigenvalue weighted by Crippen LogP contribution is -2.49. The van der Waals surface area contributed by atoms with E-state index < -0.39 is 11.7 Å². The van der Waals surface area contributed by atoms with Crippen molar-refractivity contribution in [3.8, 4) is 16.9 Å². The van der Waals surface area contributed by atoms with Gasteiger partial charge in [0, 0.05) is 37.4 Å². The number of hydrogen-bond acceptors (Lipinski definition) is 3. The van der Waals surface area contributed by atoms with E-state index in [1.165, 1.54) is 18.2 Å². The zero-order valence-corrected chi connectivity index (χ0v) is 19.1. The van der Waals surface area contributed by atoms with Crippen LogP contribution in [0.1, 0.15) is 16.1 Å². The van der Waals surface area contributed by atoms with Crippen LogP contribution in [0.4, 0.5) is 23.2 Å². The zero-order chi connectivity index (χ0) is 25.3. The van der Waals surface area contributed by atoms with E-state index in [1.54, 1.807) is 33.8 Å². The summed E-state index contributed by atoms with van der Waals surface area (Å²) in [5, 5.41) is 4.62. The number of rotatable bonds is 4. The molecule has 0 N–H and O–H groups in total. The van der Waals surface area contributed by atoms with E-state index in [4.69, 9.17) is 0 Å². The van der Waals surface area contributed by atoms with Crippen molar-refractivity contribution in [1.82, 2.24) is 14.7 Å². The number of halogens is 4. The molecule has 0 radical (unpaired) electrons. The second kappa shape index (κ2) is 9.49. The predicted octanol–water partition coefficient (Wildman–Crippen LogP) is 5.66. The highest BCUT2D eigenvalue weighted by Crippen LogP contribution is 2.32. The van der Waals surface area contributed by atoms with Gasteiger partial charge in [-0.3, -0.25) is 4.79 Å². The van der Waals surface area contributed by atoms with Gasteiger partial charge in [0.05, 0.1) is 16.9 Å². The van der Waals surface area contributed by atoms with Crippen LogP contribution in [0.15, 0.2) is 84.9 Å². The van der Waals surface area contributed by atoms with Crippen molar-refractivity contribution < 1.29 is 22.4 Å². The molecule has 1 fully saturated rings. The van der Waals surface area contributed by atoms with Gasteiger partial charge in [-0.1, -0.05) is 24.3 Å². The first-order chi connectivity index (χ1) is 17.3. The number of benzene rings is 3. The molecule has 3 aromatic carbocycles. The van der Waals surface area contributed by atoms with Crippen molar-refractivity contribution in [2.75, 3.05) is 31.1 Å². The third-order valence-electron chi connectivity index (χ3n) is 6.17. The van der Waals surface area contributed by atoms with Crippen LogP contribution in [-0.4, -0.2) is 46.8 Å². The topological polar surface area (TPSA) is 41.4 Å². The van der Waals surface area contributed by atoms with Crippen molar-refractivity contribution in [1.29, 1.82) is 0 Å². The van der Waals surface area contributed by atoms with E-state index in [1.807, 2.05) is 35.2 Å². The van der Waals surface area contributed by atoms with Gasteiger partial charge < -0.3 is 9.80 Å². The summed E-state index contributed by atoms with van der Waals surface area (Å²) in [7, 11) is 0. The quantitative estimate of drug-likeness (QED) is 0.344. The summed E-state index contributed by atoms with van der Waals surface area (Å²) in [6, 6.07) is 22.0. The van der Waals surface area contributed by atoms with Crippen LogP contribution in [0, 0.1) is 5.82 Å². The molecule has 0 spiro atoms. The smallest absolute Gasteiger partial charge is 0.368 e. The minimum absolute atomic E-state index is 0.233. The maximum atomic E-state index is 13.6. The molecule has 0 aliphatic carbocycles. The Balaban J connectivity index is 1.39. The van der Waals surface area contributed by atoms with Crippen LogP contribution in [0.5, 0.6) is 0 Å². The molecule has 1 aliphatic heterocycles. The highest BCUT2D eigenvalue weighted by molar-refractivity contribution is 5.94. The molecule has 0 atom stereocenters. The third-order valence-corrected chi connectivity index (χ3v) is 6.17. The number of alkyl halides is 3. The molecule has 1 saturated heterocycles. The number of amides is 1. The molecule has 36 heavy (non-hydrogen) atoms. The summed E-state index contributed by atoms with van der Waals surface area (Å²) in [6.45, 7) is 1.50. The van der Waals surface area contributed by atoms with E-state index >= 15 is 0 Å². The van der Waals surface area contributed by atoms with Gasteiger partial charge in [-0.05, 0) is 60.7 Å². The van der Waals surface area contributed by atoms with Crippen LogP contribution >= 0.6 is 0 Å². The molecule has 1 amide bonds. The SMILES string of the molecule is O=C(c1cc(-c2ccc(F)cc2)nn1-c1ccccc1)N1CCN(c2cccc(C(F)(F)F)c2)CC1. The van der Waals surface area contributed by atoms with Crippen molar-refractivity contribution in [3.63, 3.8) is 0 Å². The molecular formula is C27H22F4N4O. The summed E-state index contributed by atoms with van der Waals surface area (Å²) in [4.78, 5) is 17.1. The monoisotopic (exact) mass is 494 g/mol. The van der Waals surface area contributed by atoms with E-state index in [0.29, 0.717) is 54.5 Å². The largest absolute Gasteiger partial charge is 0.416 e. The summed E-state index contributed by atoms with van der Waals surface area (Å²) in [6.07, 6.45) is -4.41. The number of piperazine rings is 1. The summed E-state index contributed by atoms with van der Waals surface area (Å²) in [5.41, 5.74) is 2.05. The molecule has 5 rings (SSSR count). The minimum atomic E-state index is -4.41. The second-order valence-electron chi connectivity index (χ2n) is 8.50. The zero-order valence-electron chi connectivity index (χ0n) is 19.1. The van der Waals surface area contributed by atoms with E-state index in [0.717, 1.165) is 12.1 Å². The number of para-hydroxylation sites is 1. The Kier molecular flexibility index (Phi) is 6.22. The van der Waals surface area contributed by atoms with Crippen molar-refractivity contribution in [2.45, 2.75) is 6.18 Å². The van der Waals surface area contributed by atoms with Crippen molar-refractivity contribution in [3.05, 3.63) is 102 Å². The molecule has 1 aliphatic rings. The minimum Gasteiger partial charge on any atom is -0.368 e. The van der Waals surface area contributed by atoms with Crippen molar-refractivity contribution >= 4 is 11.6 Å². The highest BCUT2D eigenvalue weighted by Gasteiger charge is 2.32. The van der Waals surface area contributed by atoms with Crippen LogP contribution in [0.25, 0.3) is 16.9 Å². The standard InChI is InChI=1S/C27H22F4N4O/c28-21-11-9-19(10-12-21)24-18-25(35(32-24)22-6-2-1-3-7-22)26(36)34-15-13-33(14-16-34)23-8-4-5-20(17-23)27(29,30)31/h1-12,17-18H,13-16H2. The molecule has 0 unspecified atom stereocenters. The van der Waals surface area contributed by atoms with Crippen LogP contribution < -0.4 is 4.90 Å². The average Bonchev–Trinajstić information content (AvgIpc) is 3.34. The summed E-state index contributed by atoms with van der Waals surface area (Å²) in [5.74, 6) is -0.598. The Hall–Kier alpha value is -4.14. The molecule has 0 saturated carbocycles. The maximum Gasteiger partial charge on any atom is 0.416 e. The van der Waals surface area contributed by atoms with Gasteiger partial charge in [-0.25, -0.2) is 9.07 Å². The third kappa shape index (κ3) is 4.82. The molecule has 4 aromatic rings. The fourth-order valence-electron chi connectivity index (χ4n) is 4.27. The van der Waals surface area contributed by atoms with Gasteiger partial charge >= 0.3 is 6.18 Å². The highest BCUT2D eigenvalue weighted by atomic mass is 19.4. The molecule has 5 nitrogen and oxygen atoms in total. The Bertz CT molecular complexity index is 1360. The van der Waals surface area contributed by atoms with Gasteiger partial charge in [0.1, 0.15) is 11.5 Å². The molecule has 2 heterocycles. The average molecular weight is 494 g/mol. The molecule has 1 aromatic heterocycles. The Labute approximate surface area is 205 Å². The van der Waals surface area contributed by atoms with Gasteiger partial charge in [-0.15, -0.1) is 0 Å². The number of anilines is 1. The summed E-state index contributed by atoms with van der Waals surface area (Å²) >= 11 is 0. The molecule has 0 bridgehead atoms. The lowest BCUT2D eigenvalue weighted by molar-refractivity contribution is -0.137. The number of hydrogen-bond donors (Lipinski definition) is 0. The van der Waals surface area contributed by atoms with Gasteiger partial charge in [0.25, 0.3) is 5.91 Å². The second-order valence-corrected chi connectivity index (χ2v) is 8.50. The molecular weight excluding hydrogens is 472 g/mol. The number of nitrogens with zero attached hydrogens (tertiary/aromatic N) is 4. The fraction of sp³-hybridized carbons (Fsp3) is 0.185. The summed E-state index contributed by atoms with van der Waals surface area (Å²) < 4.78 is 54.3. The van der Waals surface area contributed by atoms with Gasteiger partial charge in [0.15, 0.2) is 0 Å². The number of carbonyl (C=O) groups is 1. The lowest BCUT2D eigenvalue weighted by atomic mass is 10.1. The van der Waals surface area contributed by atoms with Gasteiger partial charge in [-0.2, -0.15) is 18.3 Å². The Morgan fingerprint density at radius 1 is 0.778 bits per heavy atom. The number of aromatic nitrogens is 2. The first kappa shape index (κ1) is 23.6. The lowest BCUT2D eigenvalue weighted by Gasteiger charge is -2.36. The molecule has 9 heteroatoms. The number of carbonyl (C=O) groups excluding carboxylic acids is 1. The van der Waals surface area contributed by atoms with E-state index in [-0.39, 0.29) is 11.7 Å². The van der Waals surface area contributed by atoms with Crippen LogP contribution in [-0.2, 0) is 6.18 Å². The predicted molar refractivity (Wildman–Crippen MR) is 129 cm³/mol. The first-order valence-electron chi connectivity index (χ1n) is 11.4. The molecule has 184 valence electrons. The Morgan fingerprint density at radius 2 is 1.44 bits per heavy atom. The van der Waals surface area contributed by atoms with Crippen LogP contribution in [0.2, 0.25) is 0 Å². The maximum absolute atomic E-state index is 13.6. The normalized spacial score (nSPS) is 14.2. The fourth-order valence-corrected chi connectivity index (χ4v) is 4.27. The van der Waals surface area contributed by atoms with E-state index in [9.17, 15) is 22.4 Å². The van der Waals surface area contributed by atoms with E-state index in [2.05, 4.69) is 5.10 Å². The first-order valence-corrected chi connectivity index (χ1v) is 11.4. The van der Waals surface area contributed by atoms with Crippen molar-refractivity contribution in [2.24, 2.45) is 0 Å². The van der Waals surface area contributed by atoms with Crippen LogP contribution in [0.3, 0.4) is 0 Å². The Morgan fingerprint density at radius 3 is 2.11 bits per heavy atom. The van der Waals surface area contributed by atoms with Gasteiger partial charge in [0.2, 0.25) is 0 Å².